The van der Waals surface area contributed by atoms with Crippen molar-refractivity contribution in [1.82, 2.24) is 49.0 Å². The van der Waals surface area contributed by atoms with Crippen molar-refractivity contribution in [3.05, 3.63) is 215 Å². The number of aryl methyl sites for hydroxylation is 1. The third-order valence-electron chi connectivity index (χ3n) is 22.5. The lowest BCUT2D eigenvalue weighted by atomic mass is 9.95. The first-order chi connectivity index (χ1) is 49.9. The Balaban J connectivity index is 0.000000149. The number of hydrogen-bond acceptors (Lipinski definition) is 15. The van der Waals surface area contributed by atoms with Crippen LogP contribution in [0.25, 0.3) is 0 Å². The first-order valence-corrected chi connectivity index (χ1v) is 38.8. The molecule has 0 saturated carbocycles. The van der Waals surface area contributed by atoms with Gasteiger partial charge in [0.2, 0.25) is 0 Å². The summed E-state index contributed by atoms with van der Waals surface area (Å²) in [7, 11) is 3.98. The Bertz CT molecular complexity index is 3290. The van der Waals surface area contributed by atoms with Crippen LogP contribution >= 0.6 is 0 Å². The van der Waals surface area contributed by atoms with Crippen molar-refractivity contribution in [2.24, 2.45) is 0 Å². The summed E-state index contributed by atoms with van der Waals surface area (Å²) in [6.45, 7) is 30.0. The Morgan fingerprint density at radius 2 is 0.676 bits per heavy atom. The summed E-state index contributed by atoms with van der Waals surface area (Å²) in [5.41, 5.74) is 6.89. The molecule has 7 saturated heterocycles. The van der Waals surface area contributed by atoms with Crippen molar-refractivity contribution in [2.75, 3.05) is 184 Å². The second-order valence-electron chi connectivity index (χ2n) is 29.4. The van der Waals surface area contributed by atoms with Crippen LogP contribution in [0.5, 0.6) is 0 Å². The molecule has 6 aromatic carbocycles. The van der Waals surface area contributed by atoms with Crippen molar-refractivity contribution in [1.29, 1.82) is 0 Å². The fraction of sp³-hybridized carbons (Fsp3) is 0.535. The Morgan fingerprint density at radius 3 is 1.05 bits per heavy atom. The van der Waals surface area contributed by atoms with Gasteiger partial charge in [0.15, 0.2) is 23.1 Å². The van der Waals surface area contributed by atoms with Crippen LogP contribution in [-0.4, -0.2) is 275 Å². The second kappa shape index (κ2) is 42.4. The third-order valence-corrected chi connectivity index (χ3v) is 22.5. The van der Waals surface area contributed by atoms with Gasteiger partial charge in [-0.05, 0) is 141 Å². The Labute approximate surface area is 610 Å². The van der Waals surface area contributed by atoms with Gasteiger partial charge in [0, 0.05) is 184 Å². The van der Waals surface area contributed by atoms with Crippen molar-refractivity contribution >= 4 is 23.1 Å². The molecular weight excluding hydrogens is 1270 g/mol. The highest BCUT2D eigenvalue weighted by atomic mass is 19.1. The van der Waals surface area contributed by atoms with Crippen LogP contribution in [0.1, 0.15) is 148 Å². The fourth-order valence-corrected chi connectivity index (χ4v) is 15.9. The maximum atomic E-state index is 13.5. The largest absolute Gasteiger partial charge is 0.383 e. The molecule has 1 atom stereocenters. The second-order valence-corrected chi connectivity index (χ2v) is 29.4. The Morgan fingerprint density at radius 1 is 0.363 bits per heavy atom. The molecule has 7 fully saturated rings. The molecule has 16 heteroatoms. The number of piperidine rings is 4. The minimum Gasteiger partial charge on any atom is -0.383 e. The van der Waals surface area contributed by atoms with Gasteiger partial charge in [-0.25, -0.2) is 4.39 Å². The third kappa shape index (κ3) is 25.4. The molecule has 0 aromatic heterocycles. The highest BCUT2D eigenvalue weighted by Crippen LogP contribution is 2.31. The number of Topliss-reactive ketones (excluding diaryl/α,β-unsaturated/α-hetero) is 4. The van der Waals surface area contributed by atoms with Gasteiger partial charge in [-0.2, -0.15) is 0 Å². The number of ketones is 4. The smallest absolute Gasteiger partial charge is 0.164 e. The summed E-state index contributed by atoms with van der Waals surface area (Å²) < 4.78 is 18.6. The zero-order valence-corrected chi connectivity index (χ0v) is 61.9. The van der Waals surface area contributed by atoms with E-state index in [4.69, 9.17) is 4.74 Å². The molecule has 13 rings (SSSR count). The lowest BCUT2D eigenvalue weighted by Crippen LogP contribution is -2.54. The van der Waals surface area contributed by atoms with Crippen molar-refractivity contribution in [3.8, 4) is 0 Å². The van der Waals surface area contributed by atoms with Gasteiger partial charge in [0.1, 0.15) is 5.82 Å². The maximum absolute atomic E-state index is 13.5. The number of nitrogens with zero attached hydrogens (tertiary/aromatic N) is 10. The first-order valence-electron chi connectivity index (χ1n) is 38.8. The number of hydrogen-bond donors (Lipinski definition) is 0. The Hall–Kier alpha value is -6.51. The van der Waals surface area contributed by atoms with E-state index in [0.29, 0.717) is 25.7 Å². The molecule has 102 heavy (non-hydrogen) atoms. The molecule has 0 N–H and O–H groups in total. The first kappa shape index (κ1) is 78.1. The quantitative estimate of drug-likeness (QED) is 0.0507. The van der Waals surface area contributed by atoms with Gasteiger partial charge in [0.05, 0.1) is 12.6 Å². The molecule has 6 aromatic rings. The van der Waals surface area contributed by atoms with E-state index in [1.54, 1.807) is 19.2 Å². The maximum Gasteiger partial charge on any atom is 0.164 e. The zero-order valence-electron chi connectivity index (χ0n) is 61.9. The predicted octanol–water partition coefficient (Wildman–Crippen LogP) is 12.3. The van der Waals surface area contributed by atoms with E-state index in [1.807, 2.05) is 133 Å². The average Bonchev–Trinajstić information content (AvgIpc) is 0.896. The van der Waals surface area contributed by atoms with E-state index in [-0.39, 0.29) is 35.0 Å². The van der Waals surface area contributed by atoms with Crippen molar-refractivity contribution in [2.45, 2.75) is 115 Å². The normalized spacial score (nSPS) is 20.0. The van der Waals surface area contributed by atoms with Crippen molar-refractivity contribution < 1.29 is 28.3 Å². The van der Waals surface area contributed by atoms with Gasteiger partial charge >= 0.3 is 0 Å². The number of halogens is 1. The number of carbonyl (C=O) groups is 4. The van der Waals surface area contributed by atoms with Crippen LogP contribution in [0.2, 0.25) is 0 Å². The number of benzene rings is 6. The summed E-state index contributed by atoms with van der Waals surface area (Å²) >= 11 is 0. The standard InChI is InChI=1S/C27H29FN2O.C24H38N4O.C19H28N2O.C16H24N2O2/c1-21-7-9-23(10-8-21)27(24-11-13-25(28)14-12-24)30-19-17-29(18-20-30)16-15-26(31)22-5-3-2-4-6-22;1-25-17-19-28(20-18-25)23-9-15-27(16-10-23)22-7-12-26(13-8-22)14-11-24(29)21-5-3-2-4-6-21;22-19(17-7-3-1-4-8-17)11-16-20-14-9-18(10-15-20)21-12-5-2-6-13-21;1-20-14-13-18-11-9-17(10-12-18)8-7-16(19)15-5-3-2-4-6-15/h2-14,27H,15-20H2,1H3;2-6,22-23H,7-20H2,1H3;1,3-4,7-8,18H,2,5-6,9-16H2;2-6H,7-14H2,1H3. The molecule has 1 unspecified atom stereocenters. The van der Waals surface area contributed by atoms with E-state index in [1.165, 1.54) is 121 Å². The molecule has 15 nitrogen and oxygen atoms in total. The van der Waals surface area contributed by atoms with Crippen LogP contribution in [-0.2, 0) is 4.74 Å². The molecule has 0 bridgehead atoms. The summed E-state index contributed by atoms with van der Waals surface area (Å²) in [4.78, 5) is 74.2. The minimum absolute atomic E-state index is 0.106. The fourth-order valence-electron chi connectivity index (χ4n) is 15.9. The molecule has 7 aliphatic rings. The zero-order chi connectivity index (χ0) is 71.1. The molecule has 7 heterocycles. The SMILES string of the molecule is CN1CCN(C2CCN(C3CCN(CCC(=O)c4ccccc4)CC3)CC2)CC1.COCCN1CCN(CCC(=O)c2ccccc2)CC1.Cc1ccc(C(c2ccc(F)cc2)N2CCN(CCC(=O)c3ccccc3)CC2)cc1.O=C(CCN1CCC(N2CCCCC2)CC1)c1ccccc1. The Kier molecular flexibility index (Phi) is 32.5. The molecule has 7 aliphatic heterocycles. The van der Waals surface area contributed by atoms with E-state index >= 15 is 0 Å². The molecular formula is C86H119FN10O5. The van der Waals surface area contributed by atoms with E-state index in [0.717, 1.165) is 164 Å². The van der Waals surface area contributed by atoms with E-state index in [9.17, 15) is 23.6 Å². The number of piperazine rings is 3. The van der Waals surface area contributed by atoms with Crippen LogP contribution in [0.4, 0.5) is 4.39 Å². The molecule has 0 radical (unpaired) electrons. The van der Waals surface area contributed by atoms with Gasteiger partial charge in [-0.15, -0.1) is 0 Å². The lowest BCUT2D eigenvalue weighted by Gasteiger charge is -2.45. The number of carbonyl (C=O) groups excluding carboxylic acids is 4. The summed E-state index contributed by atoms with van der Waals surface area (Å²) in [5, 5.41) is 0. The van der Waals surface area contributed by atoms with Crippen LogP contribution in [0, 0.1) is 12.7 Å². The summed E-state index contributed by atoms with van der Waals surface area (Å²) in [6, 6.07) is 56.5. The van der Waals surface area contributed by atoms with Gasteiger partial charge < -0.3 is 39.0 Å². The average molecular weight is 1390 g/mol. The van der Waals surface area contributed by atoms with E-state index < -0.39 is 0 Å². The van der Waals surface area contributed by atoms with Crippen LogP contribution in [0.3, 0.4) is 0 Å². The highest BCUT2D eigenvalue weighted by molar-refractivity contribution is 5.97. The molecule has 550 valence electrons. The highest BCUT2D eigenvalue weighted by Gasteiger charge is 2.33. The van der Waals surface area contributed by atoms with Crippen LogP contribution in [0.15, 0.2) is 170 Å². The van der Waals surface area contributed by atoms with E-state index in [2.05, 4.69) is 87.2 Å². The molecule has 0 spiro atoms. The monoisotopic (exact) mass is 1390 g/mol. The minimum atomic E-state index is -0.209. The summed E-state index contributed by atoms with van der Waals surface area (Å²) in [6.07, 6.45) is 14.4. The summed E-state index contributed by atoms with van der Waals surface area (Å²) in [5.74, 6) is 0.788. The topological polar surface area (TPSA) is 110 Å². The van der Waals surface area contributed by atoms with Crippen LogP contribution < -0.4 is 0 Å². The number of ether oxygens (including phenoxy) is 1. The van der Waals surface area contributed by atoms with Gasteiger partial charge in [-0.3, -0.25) is 33.9 Å². The predicted molar refractivity (Wildman–Crippen MR) is 412 cm³/mol. The van der Waals surface area contributed by atoms with Gasteiger partial charge in [0.25, 0.3) is 0 Å². The molecule has 0 aliphatic carbocycles. The number of likely N-dealkylation sites (N-methyl/N-ethyl adjacent to an activating group) is 1. The number of likely N-dealkylation sites (tertiary alicyclic amines) is 4. The lowest BCUT2D eigenvalue weighted by molar-refractivity contribution is 0.0376. The number of rotatable bonds is 25. The van der Waals surface area contributed by atoms with Gasteiger partial charge in [-0.1, -0.05) is 170 Å². The molecule has 0 amide bonds. The number of methoxy groups -OCH3 is 1. The van der Waals surface area contributed by atoms with Crippen molar-refractivity contribution in [3.63, 3.8) is 0 Å².